The summed E-state index contributed by atoms with van der Waals surface area (Å²) < 4.78 is 0. The molecule has 10 heavy (non-hydrogen) atoms. The van der Waals surface area contributed by atoms with Crippen LogP contribution < -0.4 is 0 Å². The van der Waals surface area contributed by atoms with Gasteiger partial charge in [0.15, 0.2) is 0 Å². The summed E-state index contributed by atoms with van der Waals surface area (Å²) in [4.78, 5) is 8.16. The van der Waals surface area contributed by atoms with Crippen LogP contribution in [0.3, 0.4) is 0 Å². The Morgan fingerprint density at radius 1 is 1.70 bits per heavy atom. The van der Waals surface area contributed by atoms with Gasteiger partial charge in [-0.05, 0) is 13.0 Å². The Balaban J connectivity index is 2.84. The predicted octanol–water partition coefficient (Wildman–Crippen LogP) is 1.51. The van der Waals surface area contributed by atoms with Crippen LogP contribution in [0.1, 0.15) is 11.5 Å². The quantitative estimate of drug-likeness (QED) is 0.573. The van der Waals surface area contributed by atoms with Crippen LogP contribution in [0, 0.1) is 6.92 Å². The lowest BCUT2D eigenvalue weighted by molar-refractivity contribution is 0.981. The Kier molecular flexibility index (Phi) is 2.15. The maximum atomic E-state index is 4.18. The molecule has 0 radical (unpaired) electrons. The summed E-state index contributed by atoms with van der Waals surface area (Å²) in [5.74, 6) is 0.819. The SMILES string of the molecule is C=CCc1ccnc(C)n1. The van der Waals surface area contributed by atoms with Gasteiger partial charge in [-0.2, -0.15) is 0 Å². The number of allylic oxidation sites excluding steroid dienone is 1. The van der Waals surface area contributed by atoms with Gasteiger partial charge in [0, 0.05) is 18.3 Å². The van der Waals surface area contributed by atoms with Crippen molar-refractivity contribution in [3.05, 3.63) is 36.4 Å². The fourth-order valence-electron chi connectivity index (χ4n) is 0.767. The highest BCUT2D eigenvalue weighted by atomic mass is 14.9. The second-order valence-electron chi connectivity index (χ2n) is 2.09. The van der Waals surface area contributed by atoms with Crippen LogP contribution in [0.4, 0.5) is 0 Å². The highest BCUT2D eigenvalue weighted by molar-refractivity contribution is 5.04. The zero-order valence-electron chi connectivity index (χ0n) is 6.04. The minimum Gasteiger partial charge on any atom is -0.242 e. The van der Waals surface area contributed by atoms with Gasteiger partial charge in [-0.1, -0.05) is 6.08 Å². The van der Waals surface area contributed by atoms with E-state index in [9.17, 15) is 0 Å². The summed E-state index contributed by atoms with van der Waals surface area (Å²) in [7, 11) is 0. The van der Waals surface area contributed by atoms with Crippen molar-refractivity contribution in [3.63, 3.8) is 0 Å². The Morgan fingerprint density at radius 2 is 2.50 bits per heavy atom. The monoisotopic (exact) mass is 134 g/mol. The molecule has 1 aromatic rings. The first-order valence-electron chi connectivity index (χ1n) is 3.22. The van der Waals surface area contributed by atoms with Gasteiger partial charge in [0.25, 0.3) is 0 Å². The molecular formula is C8H10N2. The Morgan fingerprint density at radius 3 is 3.10 bits per heavy atom. The lowest BCUT2D eigenvalue weighted by Gasteiger charge is -1.94. The van der Waals surface area contributed by atoms with Gasteiger partial charge in [-0.25, -0.2) is 9.97 Å². The summed E-state index contributed by atoms with van der Waals surface area (Å²) in [5.41, 5.74) is 1.03. The highest BCUT2D eigenvalue weighted by Gasteiger charge is 1.89. The van der Waals surface area contributed by atoms with Crippen LogP contribution in [-0.2, 0) is 6.42 Å². The molecule has 0 spiro atoms. The third-order valence-corrected chi connectivity index (χ3v) is 1.19. The molecule has 0 unspecified atom stereocenters. The number of aryl methyl sites for hydroxylation is 1. The Labute approximate surface area is 60.6 Å². The molecule has 0 amide bonds. The second kappa shape index (κ2) is 3.11. The normalized spacial score (nSPS) is 9.30. The number of aromatic nitrogens is 2. The largest absolute Gasteiger partial charge is 0.242 e. The molecule has 0 aromatic carbocycles. The predicted molar refractivity (Wildman–Crippen MR) is 40.7 cm³/mol. The number of nitrogens with zero attached hydrogens (tertiary/aromatic N) is 2. The van der Waals surface area contributed by atoms with Crippen LogP contribution in [0.25, 0.3) is 0 Å². The van der Waals surface area contributed by atoms with Crippen molar-refractivity contribution in [2.24, 2.45) is 0 Å². The summed E-state index contributed by atoms with van der Waals surface area (Å²) >= 11 is 0. The third-order valence-electron chi connectivity index (χ3n) is 1.19. The van der Waals surface area contributed by atoms with E-state index < -0.39 is 0 Å². The van der Waals surface area contributed by atoms with Crippen molar-refractivity contribution in [2.45, 2.75) is 13.3 Å². The zero-order valence-corrected chi connectivity index (χ0v) is 6.04. The van der Waals surface area contributed by atoms with Crippen LogP contribution in [0.15, 0.2) is 24.9 Å². The molecule has 1 rings (SSSR count). The topological polar surface area (TPSA) is 25.8 Å². The first-order valence-corrected chi connectivity index (χ1v) is 3.22. The summed E-state index contributed by atoms with van der Waals surface area (Å²) in [6.07, 6.45) is 4.42. The molecule has 1 heterocycles. The standard InChI is InChI=1S/C8H10N2/c1-3-4-8-5-6-9-7(2)10-8/h3,5-6H,1,4H2,2H3. The maximum Gasteiger partial charge on any atom is 0.125 e. The number of rotatable bonds is 2. The van der Waals surface area contributed by atoms with Gasteiger partial charge in [-0.3, -0.25) is 0 Å². The van der Waals surface area contributed by atoms with Gasteiger partial charge >= 0.3 is 0 Å². The average molecular weight is 134 g/mol. The molecular weight excluding hydrogens is 124 g/mol. The van der Waals surface area contributed by atoms with Crippen molar-refractivity contribution in [2.75, 3.05) is 0 Å². The van der Waals surface area contributed by atoms with E-state index in [1.807, 2.05) is 19.1 Å². The minimum atomic E-state index is 0.819. The molecule has 2 nitrogen and oxygen atoms in total. The van der Waals surface area contributed by atoms with Crippen LogP contribution in [0.2, 0.25) is 0 Å². The van der Waals surface area contributed by atoms with Crippen molar-refractivity contribution < 1.29 is 0 Å². The first kappa shape index (κ1) is 6.93. The lowest BCUT2D eigenvalue weighted by atomic mass is 10.3. The summed E-state index contributed by atoms with van der Waals surface area (Å²) in [6.45, 7) is 5.51. The zero-order chi connectivity index (χ0) is 7.40. The van der Waals surface area contributed by atoms with E-state index in [4.69, 9.17) is 0 Å². The average Bonchev–Trinajstić information content (AvgIpc) is 1.88. The first-order chi connectivity index (χ1) is 4.83. The molecule has 0 N–H and O–H groups in total. The Bertz CT molecular complexity index is 230. The maximum absolute atomic E-state index is 4.18. The van der Waals surface area contributed by atoms with Gasteiger partial charge < -0.3 is 0 Å². The summed E-state index contributed by atoms with van der Waals surface area (Å²) in [6, 6.07) is 1.90. The molecule has 2 heteroatoms. The second-order valence-corrected chi connectivity index (χ2v) is 2.09. The van der Waals surface area contributed by atoms with Crippen molar-refractivity contribution >= 4 is 0 Å². The molecule has 0 atom stereocenters. The van der Waals surface area contributed by atoms with Crippen LogP contribution in [-0.4, -0.2) is 9.97 Å². The molecule has 52 valence electrons. The number of hydrogen-bond donors (Lipinski definition) is 0. The highest BCUT2D eigenvalue weighted by Crippen LogP contribution is 1.95. The molecule has 0 saturated carbocycles. The molecule has 0 aliphatic carbocycles. The van der Waals surface area contributed by atoms with E-state index in [0.29, 0.717) is 0 Å². The van der Waals surface area contributed by atoms with Crippen LogP contribution in [0.5, 0.6) is 0 Å². The van der Waals surface area contributed by atoms with E-state index in [1.54, 1.807) is 6.20 Å². The van der Waals surface area contributed by atoms with E-state index in [0.717, 1.165) is 17.9 Å². The van der Waals surface area contributed by atoms with E-state index >= 15 is 0 Å². The minimum absolute atomic E-state index is 0.819. The molecule has 1 aromatic heterocycles. The Hall–Kier alpha value is -1.18. The molecule has 0 bridgehead atoms. The molecule has 0 aliphatic rings. The lowest BCUT2D eigenvalue weighted by Crippen LogP contribution is -1.91. The van der Waals surface area contributed by atoms with Gasteiger partial charge in [0.05, 0.1) is 0 Å². The summed E-state index contributed by atoms with van der Waals surface area (Å²) in [5, 5.41) is 0. The van der Waals surface area contributed by atoms with Gasteiger partial charge in [0.2, 0.25) is 0 Å². The van der Waals surface area contributed by atoms with Gasteiger partial charge in [-0.15, -0.1) is 6.58 Å². The van der Waals surface area contributed by atoms with Crippen molar-refractivity contribution in [1.29, 1.82) is 0 Å². The molecule has 0 saturated heterocycles. The van der Waals surface area contributed by atoms with E-state index in [2.05, 4.69) is 16.5 Å². The van der Waals surface area contributed by atoms with Crippen LogP contribution >= 0.6 is 0 Å². The van der Waals surface area contributed by atoms with Gasteiger partial charge in [0.1, 0.15) is 5.82 Å². The van der Waals surface area contributed by atoms with Crippen molar-refractivity contribution in [3.8, 4) is 0 Å². The fraction of sp³-hybridized carbons (Fsp3) is 0.250. The van der Waals surface area contributed by atoms with Crippen molar-refractivity contribution in [1.82, 2.24) is 9.97 Å². The number of hydrogen-bond acceptors (Lipinski definition) is 2. The molecule has 0 aliphatic heterocycles. The fourth-order valence-corrected chi connectivity index (χ4v) is 0.767. The smallest absolute Gasteiger partial charge is 0.125 e. The van der Waals surface area contributed by atoms with E-state index in [-0.39, 0.29) is 0 Å². The third kappa shape index (κ3) is 1.65. The van der Waals surface area contributed by atoms with E-state index in [1.165, 1.54) is 0 Å². The molecule has 0 fully saturated rings.